The molecule has 1 fully saturated rings. The van der Waals surface area contributed by atoms with Crippen LogP contribution < -0.4 is 10.2 Å². The Hall–Kier alpha value is -1.84. The molecule has 0 unspecified atom stereocenters. The summed E-state index contributed by atoms with van der Waals surface area (Å²) in [5.74, 6) is 0.968. The Kier molecular flexibility index (Phi) is 6.25. The number of carbonyl (C=O) groups excluding carboxylic acids is 1. The molecule has 1 N–H and O–H groups in total. The molecular weight excluding hydrogens is 264 g/mol. The predicted octanol–water partition coefficient (Wildman–Crippen LogP) is 3.51. The van der Waals surface area contributed by atoms with E-state index in [0.29, 0.717) is 6.61 Å². The van der Waals surface area contributed by atoms with Crippen LogP contribution in [0, 0.1) is 5.92 Å². The van der Waals surface area contributed by atoms with Gasteiger partial charge in [0.05, 0.1) is 12.8 Å². The molecule has 1 aromatic rings. The molecule has 1 aromatic carbocycles. The molecule has 114 valence electrons. The molecule has 21 heavy (non-hydrogen) atoms. The van der Waals surface area contributed by atoms with Crippen molar-refractivity contribution in [1.82, 2.24) is 5.43 Å². The molecule has 1 aliphatic rings. The van der Waals surface area contributed by atoms with Crippen LogP contribution >= 0.6 is 0 Å². The first-order valence-corrected chi connectivity index (χ1v) is 7.86. The second-order valence-electron chi connectivity index (χ2n) is 5.46. The van der Waals surface area contributed by atoms with Crippen molar-refractivity contribution in [2.75, 3.05) is 6.61 Å². The second kappa shape index (κ2) is 8.45. The summed E-state index contributed by atoms with van der Waals surface area (Å²) < 4.78 is 5.66. The van der Waals surface area contributed by atoms with E-state index >= 15 is 0 Å². The number of nitrogens with one attached hydrogen (secondary N) is 1. The maximum Gasteiger partial charge on any atom is 0.243 e. The SMILES string of the molecule is CCCOc1ccccc1C=NNC(=O)C1CCCCC1. The highest BCUT2D eigenvalue weighted by molar-refractivity contribution is 5.85. The zero-order chi connectivity index (χ0) is 14.9. The largest absolute Gasteiger partial charge is 0.493 e. The van der Waals surface area contributed by atoms with Crippen molar-refractivity contribution in [3.05, 3.63) is 29.8 Å². The minimum Gasteiger partial charge on any atom is -0.493 e. The number of ether oxygens (including phenoxy) is 1. The molecule has 0 aromatic heterocycles. The highest BCUT2D eigenvalue weighted by Gasteiger charge is 2.20. The van der Waals surface area contributed by atoms with Crippen LogP contribution in [-0.2, 0) is 4.79 Å². The fraction of sp³-hybridized carbons (Fsp3) is 0.529. The Morgan fingerprint density at radius 2 is 2.10 bits per heavy atom. The Morgan fingerprint density at radius 1 is 1.33 bits per heavy atom. The van der Waals surface area contributed by atoms with Gasteiger partial charge in [0, 0.05) is 11.5 Å². The van der Waals surface area contributed by atoms with Gasteiger partial charge in [0.2, 0.25) is 5.91 Å². The van der Waals surface area contributed by atoms with E-state index in [1.54, 1.807) is 6.21 Å². The third-order valence-corrected chi connectivity index (χ3v) is 3.74. The van der Waals surface area contributed by atoms with Crippen molar-refractivity contribution in [2.24, 2.45) is 11.0 Å². The fourth-order valence-corrected chi connectivity index (χ4v) is 2.55. The van der Waals surface area contributed by atoms with Crippen molar-refractivity contribution in [3.63, 3.8) is 0 Å². The van der Waals surface area contributed by atoms with Gasteiger partial charge in [-0.05, 0) is 31.4 Å². The van der Waals surface area contributed by atoms with Gasteiger partial charge in [-0.15, -0.1) is 0 Å². The topological polar surface area (TPSA) is 50.7 Å². The molecule has 1 aliphatic carbocycles. The van der Waals surface area contributed by atoms with E-state index in [4.69, 9.17) is 4.74 Å². The maximum absolute atomic E-state index is 12.0. The van der Waals surface area contributed by atoms with Gasteiger partial charge in [0.1, 0.15) is 5.75 Å². The molecule has 1 saturated carbocycles. The number of para-hydroxylation sites is 1. The van der Waals surface area contributed by atoms with Gasteiger partial charge in [0.25, 0.3) is 0 Å². The van der Waals surface area contributed by atoms with Gasteiger partial charge in [0.15, 0.2) is 0 Å². The van der Waals surface area contributed by atoms with E-state index in [0.717, 1.165) is 43.4 Å². The van der Waals surface area contributed by atoms with Crippen molar-refractivity contribution >= 4 is 12.1 Å². The van der Waals surface area contributed by atoms with Crippen molar-refractivity contribution in [3.8, 4) is 5.75 Å². The van der Waals surface area contributed by atoms with Gasteiger partial charge >= 0.3 is 0 Å². The molecule has 0 saturated heterocycles. The van der Waals surface area contributed by atoms with Crippen LogP contribution in [0.5, 0.6) is 5.75 Å². The van der Waals surface area contributed by atoms with Crippen LogP contribution in [0.3, 0.4) is 0 Å². The van der Waals surface area contributed by atoms with Crippen LogP contribution in [0.25, 0.3) is 0 Å². The van der Waals surface area contributed by atoms with E-state index in [-0.39, 0.29) is 11.8 Å². The summed E-state index contributed by atoms with van der Waals surface area (Å²) in [5.41, 5.74) is 3.54. The monoisotopic (exact) mass is 288 g/mol. The lowest BCUT2D eigenvalue weighted by molar-refractivity contribution is -0.125. The summed E-state index contributed by atoms with van der Waals surface area (Å²) >= 11 is 0. The van der Waals surface area contributed by atoms with E-state index in [1.807, 2.05) is 24.3 Å². The van der Waals surface area contributed by atoms with Crippen LogP contribution in [0.15, 0.2) is 29.4 Å². The summed E-state index contributed by atoms with van der Waals surface area (Å²) in [6.07, 6.45) is 8.13. The van der Waals surface area contributed by atoms with Crippen LogP contribution in [0.2, 0.25) is 0 Å². The first kappa shape index (κ1) is 15.5. The van der Waals surface area contributed by atoms with Crippen molar-refractivity contribution in [2.45, 2.75) is 45.4 Å². The lowest BCUT2D eigenvalue weighted by Gasteiger charge is -2.19. The normalized spacial score (nSPS) is 16.0. The third-order valence-electron chi connectivity index (χ3n) is 3.74. The molecule has 0 spiro atoms. The van der Waals surface area contributed by atoms with E-state index < -0.39 is 0 Å². The highest BCUT2D eigenvalue weighted by atomic mass is 16.5. The lowest BCUT2D eigenvalue weighted by atomic mass is 9.89. The third kappa shape index (κ3) is 4.88. The number of benzene rings is 1. The molecule has 4 heteroatoms. The number of amides is 1. The zero-order valence-corrected chi connectivity index (χ0v) is 12.7. The van der Waals surface area contributed by atoms with Gasteiger partial charge in [-0.3, -0.25) is 4.79 Å². The number of rotatable bonds is 6. The zero-order valence-electron chi connectivity index (χ0n) is 12.7. The number of hydrogen-bond donors (Lipinski definition) is 1. The lowest BCUT2D eigenvalue weighted by Crippen LogP contribution is -2.28. The Bertz CT molecular complexity index is 479. The summed E-state index contributed by atoms with van der Waals surface area (Å²) in [7, 11) is 0. The summed E-state index contributed by atoms with van der Waals surface area (Å²) in [6, 6.07) is 7.72. The van der Waals surface area contributed by atoms with Gasteiger partial charge in [-0.25, -0.2) is 5.43 Å². The van der Waals surface area contributed by atoms with E-state index in [2.05, 4.69) is 17.5 Å². The molecular formula is C17H24N2O2. The molecule has 4 nitrogen and oxygen atoms in total. The molecule has 0 heterocycles. The quantitative estimate of drug-likeness (QED) is 0.643. The van der Waals surface area contributed by atoms with E-state index in [1.165, 1.54) is 6.42 Å². The molecule has 0 atom stereocenters. The summed E-state index contributed by atoms with van der Waals surface area (Å²) in [6.45, 7) is 2.75. The van der Waals surface area contributed by atoms with Crippen LogP contribution in [-0.4, -0.2) is 18.7 Å². The average Bonchev–Trinajstić information content (AvgIpc) is 2.54. The van der Waals surface area contributed by atoms with Crippen molar-refractivity contribution in [1.29, 1.82) is 0 Å². The number of hydrogen-bond acceptors (Lipinski definition) is 3. The Balaban J connectivity index is 1.89. The number of carbonyl (C=O) groups is 1. The minimum atomic E-state index is 0.0397. The smallest absolute Gasteiger partial charge is 0.243 e. The molecule has 2 rings (SSSR count). The molecule has 0 aliphatic heterocycles. The first-order valence-electron chi connectivity index (χ1n) is 7.86. The Morgan fingerprint density at radius 3 is 2.86 bits per heavy atom. The van der Waals surface area contributed by atoms with Gasteiger partial charge < -0.3 is 4.74 Å². The molecule has 1 amide bonds. The molecule has 0 radical (unpaired) electrons. The predicted molar refractivity (Wildman–Crippen MR) is 84.5 cm³/mol. The van der Waals surface area contributed by atoms with Gasteiger partial charge in [-0.2, -0.15) is 5.10 Å². The maximum atomic E-state index is 12.0. The Labute approximate surface area is 126 Å². The molecule has 0 bridgehead atoms. The number of hydrazone groups is 1. The standard InChI is InChI=1S/C17H24N2O2/c1-2-12-21-16-11-7-6-10-15(16)13-18-19-17(20)14-8-4-3-5-9-14/h6-7,10-11,13-14H,2-5,8-9,12H2,1H3,(H,19,20). The van der Waals surface area contributed by atoms with E-state index in [9.17, 15) is 4.79 Å². The fourth-order valence-electron chi connectivity index (χ4n) is 2.55. The summed E-state index contributed by atoms with van der Waals surface area (Å²) in [5, 5.41) is 4.08. The van der Waals surface area contributed by atoms with Crippen LogP contribution in [0.4, 0.5) is 0 Å². The number of nitrogens with zero attached hydrogens (tertiary/aromatic N) is 1. The van der Waals surface area contributed by atoms with Crippen molar-refractivity contribution < 1.29 is 9.53 Å². The van der Waals surface area contributed by atoms with Crippen LogP contribution in [0.1, 0.15) is 51.0 Å². The first-order chi connectivity index (χ1) is 10.3. The van der Waals surface area contributed by atoms with Gasteiger partial charge in [-0.1, -0.05) is 38.3 Å². The highest BCUT2D eigenvalue weighted by Crippen LogP contribution is 2.23. The minimum absolute atomic E-state index is 0.0397. The average molecular weight is 288 g/mol. The summed E-state index contributed by atoms with van der Waals surface area (Å²) in [4.78, 5) is 12.0. The second-order valence-corrected chi connectivity index (χ2v) is 5.46.